The highest BCUT2D eigenvalue weighted by molar-refractivity contribution is 5.87. The molecule has 24 heavy (non-hydrogen) atoms. The lowest BCUT2D eigenvalue weighted by Gasteiger charge is -2.34. The average molecular weight is 342 g/mol. The molecule has 3 amide bonds. The van der Waals surface area contributed by atoms with E-state index in [4.69, 9.17) is 21.4 Å². The summed E-state index contributed by atoms with van der Waals surface area (Å²) in [6.07, 6.45) is 2.97. The van der Waals surface area contributed by atoms with Gasteiger partial charge in [0.1, 0.15) is 0 Å². The molecular weight excluding hydrogens is 320 g/mol. The van der Waals surface area contributed by atoms with Crippen LogP contribution in [0.1, 0.15) is 42.7 Å². The molecular formula is C13H22N6O5. The molecule has 11 nitrogen and oxygen atoms in total. The molecule has 1 aliphatic rings. The molecule has 0 spiro atoms. The normalized spacial score (nSPS) is 16.8. The van der Waals surface area contributed by atoms with Crippen molar-refractivity contribution in [1.29, 1.82) is 0 Å². The smallest absolute Gasteiger partial charge is 0.318 e. The maximum absolute atomic E-state index is 12.1. The number of nitrogens with zero attached hydrogens (tertiary/aromatic N) is 3. The zero-order valence-electron chi connectivity index (χ0n) is 13.4. The Balaban J connectivity index is 0.000000648. The Morgan fingerprint density at radius 3 is 2.62 bits per heavy atom. The summed E-state index contributed by atoms with van der Waals surface area (Å²) in [6, 6.07) is -0.152. The summed E-state index contributed by atoms with van der Waals surface area (Å²) in [5.74, 6) is -1.70. The summed E-state index contributed by atoms with van der Waals surface area (Å²) >= 11 is 0. The lowest BCUT2D eigenvalue weighted by molar-refractivity contribution is -0.134. The van der Waals surface area contributed by atoms with Crippen LogP contribution in [0.4, 0.5) is 4.79 Å². The minimum atomic E-state index is -0.833. The van der Waals surface area contributed by atoms with Gasteiger partial charge in [0.15, 0.2) is 5.82 Å². The second-order valence-corrected chi connectivity index (χ2v) is 5.14. The van der Waals surface area contributed by atoms with Crippen LogP contribution >= 0.6 is 0 Å². The van der Waals surface area contributed by atoms with E-state index in [-0.39, 0.29) is 30.3 Å². The molecule has 1 aromatic heterocycles. The summed E-state index contributed by atoms with van der Waals surface area (Å²) in [4.78, 5) is 37.3. The molecule has 1 aromatic rings. The maximum atomic E-state index is 12.1. The first-order valence-electron chi connectivity index (χ1n) is 7.41. The first-order chi connectivity index (χ1) is 11.3. The summed E-state index contributed by atoms with van der Waals surface area (Å²) in [5.41, 5.74) is 10.7. The van der Waals surface area contributed by atoms with E-state index >= 15 is 0 Å². The second kappa shape index (κ2) is 9.45. The van der Waals surface area contributed by atoms with E-state index in [0.29, 0.717) is 13.1 Å². The van der Waals surface area contributed by atoms with Gasteiger partial charge < -0.3 is 31.3 Å². The van der Waals surface area contributed by atoms with E-state index in [1.54, 1.807) is 4.90 Å². The van der Waals surface area contributed by atoms with Gasteiger partial charge in [0.05, 0.1) is 6.54 Å². The van der Waals surface area contributed by atoms with Gasteiger partial charge in [-0.05, 0) is 19.3 Å². The SMILES string of the molecule is CC(=O)O.NCC1CCCCN1C(=O)NCc1noc(C(N)=O)n1. The quantitative estimate of drug-likeness (QED) is 0.553. The number of carbonyl (C=O) groups is 3. The van der Waals surface area contributed by atoms with E-state index in [2.05, 4.69) is 20.0 Å². The fourth-order valence-corrected chi connectivity index (χ4v) is 2.20. The monoisotopic (exact) mass is 342 g/mol. The zero-order chi connectivity index (χ0) is 18.1. The highest BCUT2D eigenvalue weighted by Gasteiger charge is 2.25. The number of nitrogens with one attached hydrogen (secondary N) is 1. The van der Waals surface area contributed by atoms with Gasteiger partial charge in [-0.2, -0.15) is 4.98 Å². The van der Waals surface area contributed by atoms with Crippen molar-refractivity contribution in [2.45, 2.75) is 38.8 Å². The molecule has 1 saturated heterocycles. The number of aliphatic carboxylic acids is 1. The Kier molecular flexibility index (Phi) is 7.62. The van der Waals surface area contributed by atoms with Crippen LogP contribution in [-0.4, -0.2) is 57.2 Å². The molecule has 0 aliphatic carbocycles. The van der Waals surface area contributed by atoms with Gasteiger partial charge >= 0.3 is 17.8 Å². The lowest BCUT2D eigenvalue weighted by Crippen LogP contribution is -2.51. The molecule has 134 valence electrons. The van der Waals surface area contributed by atoms with Gasteiger partial charge in [0.2, 0.25) is 0 Å². The van der Waals surface area contributed by atoms with Gasteiger partial charge in [-0.15, -0.1) is 0 Å². The third-order valence-corrected chi connectivity index (χ3v) is 3.24. The highest BCUT2D eigenvalue weighted by atomic mass is 16.5. The number of rotatable bonds is 4. The molecule has 1 atom stereocenters. The summed E-state index contributed by atoms with van der Waals surface area (Å²) in [7, 11) is 0. The number of carboxylic acid groups (broad SMARTS) is 1. The van der Waals surface area contributed by atoms with Crippen molar-refractivity contribution in [3.8, 4) is 0 Å². The number of amides is 3. The Labute approximate surface area is 138 Å². The van der Waals surface area contributed by atoms with Crippen LogP contribution in [0.2, 0.25) is 0 Å². The van der Waals surface area contributed by atoms with Crippen molar-refractivity contribution in [1.82, 2.24) is 20.4 Å². The van der Waals surface area contributed by atoms with Crippen molar-refractivity contribution in [2.24, 2.45) is 11.5 Å². The van der Waals surface area contributed by atoms with E-state index in [9.17, 15) is 9.59 Å². The molecule has 2 rings (SSSR count). The molecule has 0 bridgehead atoms. The molecule has 1 fully saturated rings. The predicted octanol–water partition coefficient (Wildman–Crippen LogP) is -0.718. The Bertz CT molecular complexity index is 571. The van der Waals surface area contributed by atoms with Gasteiger partial charge in [-0.3, -0.25) is 9.59 Å². The highest BCUT2D eigenvalue weighted by Crippen LogP contribution is 2.16. The molecule has 6 N–H and O–H groups in total. The number of piperidine rings is 1. The van der Waals surface area contributed by atoms with E-state index in [1.165, 1.54) is 0 Å². The second-order valence-electron chi connectivity index (χ2n) is 5.14. The third kappa shape index (κ3) is 6.20. The van der Waals surface area contributed by atoms with Gasteiger partial charge in [0.25, 0.3) is 5.97 Å². The maximum Gasteiger partial charge on any atom is 0.318 e. The predicted molar refractivity (Wildman–Crippen MR) is 81.8 cm³/mol. The molecule has 0 aromatic carbocycles. The standard InChI is InChI=1S/C11H18N6O3.C2H4O2/c12-5-7-3-1-2-4-17(7)11(19)14-6-8-15-10(9(13)18)20-16-8;1-2(3)4/h7H,1-6,12H2,(H2,13,18)(H,14,19);1H3,(H,3,4). The Hall–Kier alpha value is -2.69. The topological polar surface area (TPSA) is 178 Å². The number of aromatic nitrogens is 2. The van der Waals surface area contributed by atoms with Crippen LogP contribution in [-0.2, 0) is 11.3 Å². The zero-order valence-corrected chi connectivity index (χ0v) is 13.4. The minimum absolute atomic E-state index is 0.0650. The van der Waals surface area contributed by atoms with Crippen LogP contribution in [0.5, 0.6) is 0 Å². The molecule has 2 heterocycles. The minimum Gasteiger partial charge on any atom is -0.481 e. The van der Waals surface area contributed by atoms with E-state index < -0.39 is 11.9 Å². The van der Waals surface area contributed by atoms with Crippen molar-refractivity contribution in [3.05, 3.63) is 11.7 Å². The fourth-order valence-electron chi connectivity index (χ4n) is 2.20. The van der Waals surface area contributed by atoms with Gasteiger partial charge in [0, 0.05) is 26.1 Å². The molecule has 1 aliphatic heterocycles. The molecule has 11 heteroatoms. The third-order valence-electron chi connectivity index (χ3n) is 3.24. The number of likely N-dealkylation sites (tertiary alicyclic amines) is 1. The first kappa shape index (κ1) is 19.4. The van der Waals surface area contributed by atoms with Crippen molar-refractivity contribution >= 4 is 17.9 Å². The lowest BCUT2D eigenvalue weighted by atomic mass is 10.0. The molecule has 1 unspecified atom stereocenters. The number of urea groups is 1. The largest absolute Gasteiger partial charge is 0.481 e. The van der Waals surface area contributed by atoms with Crippen LogP contribution < -0.4 is 16.8 Å². The van der Waals surface area contributed by atoms with Crippen molar-refractivity contribution < 1.29 is 24.0 Å². The summed E-state index contributed by atoms with van der Waals surface area (Å²) < 4.78 is 4.63. The summed E-state index contributed by atoms with van der Waals surface area (Å²) in [5, 5.41) is 13.6. The van der Waals surface area contributed by atoms with Gasteiger partial charge in [-0.25, -0.2) is 4.79 Å². The van der Waals surface area contributed by atoms with E-state index in [0.717, 1.165) is 26.2 Å². The number of carbonyl (C=O) groups excluding carboxylic acids is 2. The Morgan fingerprint density at radius 1 is 1.42 bits per heavy atom. The average Bonchev–Trinajstić information content (AvgIpc) is 3.01. The fraction of sp³-hybridized carbons (Fsp3) is 0.615. The molecule has 0 saturated carbocycles. The van der Waals surface area contributed by atoms with Crippen LogP contribution in [0, 0.1) is 0 Å². The van der Waals surface area contributed by atoms with Crippen LogP contribution in [0.25, 0.3) is 0 Å². The van der Waals surface area contributed by atoms with Crippen molar-refractivity contribution in [2.75, 3.05) is 13.1 Å². The Morgan fingerprint density at radius 2 is 2.08 bits per heavy atom. The number of hydrogen-bond donors (Lipinski definition) is 4. The first-order valence-corrected chi connectivity index (χ1v) is 7.41. The molecule has 0 radical (unpaired) electrons. The number of hydrogen-bond acceptors (Lipinski definition) is 7. The van der Waals surface area contributed by atoms with Crippen molar-refractivity contribution in [3.63, 3.8) is 0 Å². The van der Waals surface area contributed by atoms with Crippen LogP contribution in [0.3, 0.4) is 0 Å². The number of primary amides is 1. The van der Waals surface area contributed by atoms with E-state index in [1.807, 2.05) is 0 Å². The number of nitrogens with two attached hydrogens (primary N) is 2. The van der Waals surface area contributed by atoms with Crippen LogP contribution in [0.15, 0.2) is 4.52 Å². The number of carboxylic acids is 1. The summed E-state index contributed by atoms with van der Waals surface area (Å²) in [6.45, 7) is 2.29. The van der Waals surface area contributed by atoms with Gasteiger partial charge in [-0.1, -0.05) is 5.16 Å².